The molecule has 0 saturated carbocycles. The third kappa shape index (κ3) is 0.956. The average Bonchev–Trinajstić information content (AvgIpc) is 2.12. The summed E-state index contributed by atoms with van der Waals surface area (Å²) in [6, 6.07) is 6.95. The van der Waals surface area contributed by atoms with E-state index in [0.717, 1.165) is 0 Å². The lowest BCUT2D eigenvalue weighted by atomic mass is 10.1. The molecule has 0 bridgehead atoms. The maximum atomic E-state index is 9.35. The third-order valence-electron chi connectivity index (χ3n) is 1.68. The molecule has 1 heterocycles. The van der Waals surface area contributed by atoms with Crippen molar-refractivity contribution in [3.8, 4) is 0 Å². The molecular formula is C7H7N3O2. The summed E-state index contributed by atoms with van der Waals surface area (Å²) in [6.07, 6.45) is -1.11. The van der Waals surface area contributed by atoms with Gasteiger partial charge in [-0.2, -0.15) is 0 Å². The van der Waals surface area contributed by atoms with E-state index in [1.165, 1.54) is 0 Å². The van der Waals surface area contributed by atoms with E-state index in [-0.39, 0.29) is 0 Å². The van der Waals surface area contributed by atoms with Gasteiger partial charge in [0.05, 0.1) is 5.69 Å². The van der Waals surface area contributed by atoms with Crippen LogP contribution in [0.15, 0.2) is 34.6 Å². The number of nitrogens with zero attached hydrogens (tertiary/aromatic N) is 3. The van der Waals surface area contributed by atoms with Gasteiger partial charge in [0.2, 0.25) is 0 Å². The summed E-state index contributed by atoms with van der Waals surface area (Å²) >= 11 is 0. The van der Waals surface area contributed by atoms with Gasteiger partial charge < -0.3 is 5.11 Å². The Hall–Kier alpha value is -1.46. The minimum absolute atomic E-state index is 0.419. The molecule has 0 amide bonds. The van der Waals surface area contributed by atoms with Crippen molar-refractivity contribution in [3.63, 3.8) is 0 Å². The van der Waals surface area contributed by atoms with E-state index >= 15 is 0 Å². The van der Waals surface area contributed by atoms with E-state index in [4.69, 9.17) is 5.21 Å². The summed E-state index contributed by atoms with van der Waals surface area (Å²) in [5.41, 5.74) is 1.13. The average molecular weight is 165 g/mol. The monoisotopic (exact) mass is 165 g/mol. The Kier molecular flexibility index (Phi) is 1.53. The lowest BCUT2D eigenvalue weighted by Crippen LogP contribution is -2.21. The molecule has 0 aromatic heterocycles. The van der Waals surface area contributed by atoms with Gasteiger partial charge in [-0.25, -0.2) is 0 Å². The van der Waals surface area contributed by atoms with Gasteiger partial charge in [-0.15, -0.1) is 10.3 Å². The second-order valence-electron chi connectivity index (χ2n) is 2.44. The molecule has 62 valence electrons. The number of aliphatic hydroxyl groups is 1. The molecule has 0 aliphatic carbocycles. The van der Waals surface area contributed by atoms with Crippen LogP contribution in [0.4, 0.5) is 5.69 Å². The van der Waals surface area contributed by atoms with Crippen molar-refractivity contribution >= 4 is 5.69 Å². The normalized spacial score (nSPS) is 20.8. The van der Waals surface area contributed by atoms with Crippen LogP contribution in [0.3, 0.4) is 0 Å². The molecule has 5 nitrogen and oxygen atoms in total. The molecule has 0 fully saturated rings. The number of benzene rings is 1. The first-order valence-electron chi connectivity index (χ1n) is 3.46. The lowest BCUT2D eigenvalue weighted by molar-refractivity contribution is -0.208. The Morgan fingerprint density at radius 1 is 1.33 bits per heavy atom. The van der Waals surface area contributed by atoms with E-state index in [1.54, 1.807) is 24.3 Å². The van der Waals surface area contributed by atoms with E-state index < -0.39 is 6.23 Å². The van der Waals surface area contributed by atoms with Gasteiger partial charge in [0.1, 0.15) is 0 Å². The highest BCUT2D eigenvalue weighted by Gasteiger charge is 2.21. The van der Waals surface area contributed by atoms with Crippen molar-refractivity contribution in [1.82, 2.24) is 5.17 Å². The van der Waals surface area contributed by atoms with Crippen LogP contribution in [0.25, 0.3) is 0 Å². The minimum atomic E-state index is -1.11. The van der Waals surface area contributed by atoms with Crippen LogP contribution in [-0.4, -0.2) is 15.5 Å². The van der Waals surface area contributed by atoms with E-state index in [0.29, 0.717) is 16.4 Å². The molecule has 2 rings (SSSR count). The first-order chi connectivity index (χ1) is 5.79. The predicted octanol–water partition coefficient (Wildman–Crippen LogP) is 1.38. The maximum absolute atomic E-state index is 9.35. The van der Waals surface area contributed by atoms with Gasteiger partial charge in [-0.3, -0.25) is 5.21 Å². The van der Waals surface area contributed by atoms with Gasteiger partial charge in [0.25, 0.3) is 0 Å². The fourth-order valence-corrected chi connectivity index (χ4v) is 1.06. The molecular weight excluding hydrogens is 158 g/mol. The standard InChI is InChI=1S/C7H7N3O2/c11-7-5-3-1-2-4-6(5)8-9-10(7)12/h1-4,7,11-12H. The Balaban J connectivity index is 2.52. The van der Waals surface area contributed by atoms with Crippen LogP contribution in [0.2, 0.25) is 0 Å². The number of hydroxylamine groups is 1. The third-order valence-corrected chi connectivity index (χ3v) is 1.68. The van der Waals surface area contributed by atoms with Gasteiger partial charge in [-0.05, 0) is 11.3 Å². The van der Waals surface area contributed by atoms with Crippen LogP contribution >= 0.6 is 0 Å². The largest absolute Gasteiger partial charge is 0.366 e. The highest BCUT2D eigenvalue weighted by Crippen LogP contribution is 2.31. The van der Waals surface area contributed by atoms with E-state index in [9.17, 15) is 5.11 Å². The molecule has 1 unspecified atom stereocenters. The smallest absolute Gasteiger partial charge is 0.200 e. The Morgan fingerprint density at radius 2 is 2.08 bits per heavy atom. The Morgan fingerprint density at radius 3 is 2.92 bits per heavy atom. The molecule has 1 aliphatic rings. The molecule has 12 heavy (non-hydrogen) atoms. The number of hydrogen-bond donors (Lipinski definition) is 2. The molecule has 1 aliphatic heterocycles. The van der Waals surface area contributed by atoms with Crippen molar-refractivity contribution < 1.29 is 10.3 Å². The van der Waals surface area contributed by atoms with E-state index in [2.05, 4.69) is 10.3 Å². The van der Waals surface area contributed by atoms with Crippen LogP contribution < -0.4 is 0 Å². The van der Waals surface area contributed by atoms with Gasteiger partial charge in [-0.1, -0.05) is 18.2 Å². The quantitative estimate of drug-likeness (QED) is 0.610. The Labute approximate surface area is 68.5 Å². The van der Waals surface area contributed by atoms with E-state index in [1.807, 2.05) is 0 Å². The van der Waals surface area contributed by atoms with Crippen LogP contribution in [0.1, 0.15) is 11.8 Å². The van der Waals surface area contributed by atoms with Gasteiger partial charge >= 0.3 is 0 Å². The zero-order valence-electron chi connectivity index (χ0n) is 6.12. The van der Waals surface area contributed by atoms with Crippen LogP contribution in [0.5, 0.6) is 0 Å². The zero-order chi connectivity index (χ0) is 8.55. The first-order valence-corrected chi connectivity index (χ1v) is 3.46. The fourth-order valence-electron chi connectivity index (χ4n) is 1.06. The summed E-state index contributed by atoms with van der Waals surface area (Å²) in [5, 5.41) is 25.7. The fraction of sp³-hybridized carbons (Fsp3) is 0.143. The highest BCUT2D eigenvalue weighted by atomic mass is 16.6. The SMILES string of the molecule is OC1c2ccccc2N=NN1O. The summed E-state index contributed by atoms with van der Waals surface area (Å²) in [4.78, 5) is 0. The Bertz CT molecular complexity index is 326. The molecule has 1 aromatic carbocycles. The summed E-state index contributed by atoms with van der Waals surface area (Å²) in [6.45, 7) is 0. The summed E-state index contributed by atoms with van der Waals surface area (Å²) in [7, 11) is 0. The zero-order valence-corrected chi connectivity index (χ0v) is 6.12. The number of rotatable bonds is 0. The van der Waals surface area contributed by atoms with Crippen molar-refractivity contribution in [1.29, 1.82) is 0 Å². The van der Waals surface area contributed by atoms with Crippen molar-refractivity contribution in [2.45, 2.75) is 6.23 Å². The molecule has 1 aromatic rings. The second-order valence-corrected chi connectivity index (χ2v) is 2.44. The number of hydrogen-bond acceptors (Lipinski definition) is 5. The van der Waals surface area contributed by atoms with Gasteiger partial charge in [0, 0.05) is 5.56 Å². The van der Waals surface area contributed by atoms with Crippen molar-refractivity contribution in [2.24, 2.45) is 10.3 Å². The highest BCUT2D eigenvalue weighted by molar-refractivity contribution is 5.46. The molecule has 5 heteroatoms. The topological polar surface area (TPSA) is 68.4 Å². The van der Waals surface area contributed by atoms with Crippen LogP contribution in [0, 0.1) is 0 Å². The van der Waals surface area contributed by atoms with Crippen LogP contribution in [-0.2, 0) is 0 Å². The van der Waals surface area contributed by atoms with Crippen molar-refractivity contribution in [2.75, 3.05) is 0 Å². The first kappa shape index (κ1) is 7.20. The summed E-state index contributed by atoms with van der Waals surface area (Å²) < 4.78 is 0. The van der Waals surface area contributed by atoms with Gasteiger partial charge in [0.15, 0.2) is 6.23 Å². The molecule has 0 saturated heterocycles. The molecule has 0 spiro atoms. The summed E-state index contributed by atoms with van der Waals surface area (Å²) in [5.74, 6) is 0. The molecule has 1 atom stereocenters. The predicted molar refractivity (Wildman–Crippen MR) is 39.5 cm³/mol. The molecule has 0 radical (unpaired) electrons. The van der Waals surface area contributed by atoms with Crippen molar-refractivity contribution in [3.05, 3.63) is 29.8 Å². The lowest BCUT2D eigenvalue weighted by Gasteiger charge is -2.21. The maximum Gasteiger partial charge on any atom is 0.200 e. The number of aliphatic hydroxyl groups excluding tert-OH is 1. The number of fused-ring (bicyclic) bond motifs is 1. The minimum Gasteiger partial charge on any atom is -0.366 e. The molecule has 2 N–H and O–H groups in total. The second kappa shape index (κ2) is 2.54.